The van der Waals surface area contributed by atoms with E-state index in [2.05, 4.69) is 4.98 Å². The van der Waals surface area contributed by atoms with Crippen LogP contribution in [-0.4, -0.2) is 10.8 Å². The van der Waals surface area contributed by atoms with Crippen molar-refractivity contribution in [2.24, 2.45) is 0 Å². The Bertz CT molecular complexity index is 1040. The molecule has 0 N–H and O–H groups in total. The first-order valence-electron chi connectivity index (χ1n) is 7.11. The second kappa shape index (κ2) is 6.76. The highest BCUT2D eigenvalue weighted by molar-refractivity contribution is 7.13. The van der Waals surface area contributed by atoms with Crippen molar-refractivity contribution in [3.8, 4) is 10.6 Å². The minimum atomic E-state index is -2.02. The van der Waals surface area contributed by atoms with Gasteiger partial charge in [0.25, 0.3) is 0 Å². The van der Waals surface area contributed by atoms with Crippen LogP contribution in [0.25, 0.3) is 10.6 Å². The number of hydrogen-bond donors (Lipinski definition) is 0. The maximum absolute atomic E-state index is 14.1. The SMILES string of the molecule is Cc1c(F)c(F)c(F)c(C(=O)c2csc(-c3cc(F)c(F)c(F)c3)n2)c1F. The number of ketones is 1. The predicted octanol–water partition coefficient (Wildman–Crippen LogP) is 5.32. The van der Waals surface area contributed by atoms with Crippen molar-refractivity contribution in [1.82, 2.24) is 4.98 Å². The Morgan fingerprint density at radius 2 is 1.44 bits per heavy atom. The molecule has 10 heteroatoms. The van der Waals surface area contributed by atoms with Gasteiger partial charge in [0.05, 0.1) is 5.56 Å². The van der Waals surface area contributed by atoms with Gasteiger partial charge in [-0.15, -0.1) is 11.3 Å². The Hall–Kier alpha value is -2.75. The van der Waals surface area contributed by atoms with Crippen molar-refractivity contribution in [1.29, 1.82) is 0 Å². The van der Waals surface area contributed by atoms with Gasteiger partial charge in [0.2, 0.25) is 5.78 Å². The summed E-state index contributed by atoms with van der Waals surface area (Å²) in [4.78, 5) is 16.0. The standard InChI is InChI=1S/C17H6F7NOS/c1-5-11(20)10(14(23)15(24)12(5)21)16(26)9-4-27-17(25-9)6-2-7(18)13(22)8(19)3-6/h2-4H,1H3. The third-order valence-electron chi connectivity index (χ3n) is 3.68. The van der Waals surface area contributed by atoms with E-state index in [4.69, 9.17) is 0 Å². The number of rotatable bonds is 3. The van der Waals surface area contributed by atoms with Crippen LogP contribution >= 0.6 is 11.3 Å². The molecule has 0 saturated heterocycles. The van der Waals surface area contributed by atoms with Crippen LogP contribution in [0.2, 0.25) is 0 Å². The van der Waals surface area contributed by atoms with Crippen molar-refractivity contribution in [2.75, 3.05) is 0 Å². The van der Waals surface area contributed by atoms with E-state index in [0.717, 1.165) is 12.3 Å². The molecule has 2 aromatic carbocycles. The predicted molar refractivity (Wildman–Crippen MR) is 81.9 cm³/mol. The Morgan fingerprint density at radius 3 is 2.04 bits per heavy atom. The van der Waals surface area contributed by atoms with Crippen molar-refractivity contribution in [2.45, 2.75) is 6.92 Å². The number of hydrogen-bond acceptors (Lipinski definition) is 3. The summed E-state index contributed by atoms with van der Waals surface area (Å²) in [5.74, 6) is -13.5. The molecule has 0 saturated carbocycles. The molecule has 0 aliphatic rings. The molecular weight excluding hydrogens is 399 g/mol. The molecule has 0 aliphatic heterocycles. The van der Waals surface area contributed by atoms with Gasteiger partial charge in [-0.3, -0.25) is 4.79 Å². The smallest absolute Gasteiger partial charge is 0.218 e. The zero-order chi connectivity index (χ0) is 20.0. The fraction of sp³-hybridized carbons (Fsp3) is 0.0588. The highest BCUT2D eigenvalue weighted by Gasteiger charge is 2.29. The first-order valence-corrected chi connectivity index (χ1v) is 7.99. The highest BCUT2D eigenvalue weighted by atomic mass is 32.1. The molecule has 0 amide bonds. The van der Waals surface area contributed by atoms with Crippen molar-refractivity contribution in [3.63, 3.8) is 0 Å². The average Bonchev–Trinajstić information content (AvgIpc) is 3.12. The molecule has 0 radical (unpaired) electrons. The van der Waals surface area contributed by atoms with Gasteiger partial charge in [-0.05, 0) is 19.1 Å². The minimum Gasteiger partial charge on any atom is -0.287 e. The van der Waals surface area contributed by atoms with Gasteiger partial charge in [-0.1, -0.05) is 0 Å². The van der Waals surface area contributed by atoms with Crippen LogP contribution in [0, 0.1) is 47.6 Å². The molecule has 0 fully saturated rings. The summed E-state index contributed by atoms with van der Waals surface area (Å²) in [6.07, 6.45) is 0. The summed E-state index contributed by atoms with van der Waals surface area (Å²) >= 11 is 0.672. The van der Waals surface area contributed by atoms with E-state index in [1.54, 1.807) is 0 Å². The van der Waals surface area contributed by atoms with Crippen LogP contribution in [0.15, 0.2) is 17.5 Å². The molecule has 1 heterocycles. The number of benzene rings is 2. The maximum atomic E-state index is 14.1. The Labute approximate surface area is 150 Å². The average molecular weight is 405 g/mol. The van der Waals surface area contributed by atoms with Crippen LogP contribution in [-0.2, 0) is 0 Å². The maximum Gasteiger partial charge on any atom is 0.218 e. The summed E-state index contributed by atoms with van der Waals surface area (Å²) < 4.78 is 94.4. The number of thiazole rings is 1. The molecule has 2 nitrogen and oxygen atoms in total. The second-order valence-corrected chi connectivity index (χ2v) is 6.23. The molecule has 3 rings (SSSR count). The summed E-state index contributed by atoms with van der Waals surface area (Å²) in [6, 6.07) is 1.24. The molecule has 140 valence electrons. The van der Waals surface area contributed by atoms with E-state index < -0.39 is 63.3 Å². The molecule has 0 bridgehead atoms. The van der Waals surface area contributed by atoms with E-state index >= 15 is 0 Å². The normalized spacial score (nSPS) is 11.1. The highest BCUT2D eigenvalue weighted by Crippen LogP contribution is 2.30. The number of carbonyl (C=O) groups is 1. The lowest BCUT2D eigenvalue weighted by Gasteiger charge is -2.07. The molecule has 0 atom stereocenters. The fourth-order valence-electron chi connectivity index (χ4n) is 2.27. The number of halogens is 7. The van der Waals surface area contributed by atoms with E-state index in [1.807, 2.05) is 0 Å². The van der Waals surface area contributed by atoms with Crippen molar-refractivity contribution in [3.05, 3.63) is 75.1 Å². The van der Waals surface area contributed by atoms with E-state index in [9.17, 15) is 35.5 Å². The molecule has 0 aliphatic carbocycles. The quantitative estimate of drug-likeness (QED) is 0.255. The zero-order valence-corrected chi connectivity index (χ0v) is 14.0. The molecule has 0 spiro atoms. The van der Waals surface area contributed by atoms with Crippen LogP contribution in [0.1, 0.15) is 21.6 Å². The lowest BCUT2D eigenvalue weighted by atomic mass is 10.0. The van der Waals surface area contributed by atoms with Gasteiger partial charge in [-0.25, -0.2) is 35.7 Å². The van der Waals surface area contributed by atoms with Gasteiger partial charge in [0.15, 0.2) is 34.9 Å². The Morgan fingerprint density at radius 1 is 0.852 bits per heavy atom. The van der Waals surface area contributed by atoms with Crippen LogP contribution in [0.3, 0.4) is 0 Å². The first-order chi connectivity index (χ1) is 12.6. The minimum absolute atomic E-state index is 0.156. The van der Waals surface area contributed by atoms with Crippen LogP contribution in [0.5, 0.6) is 0 Å². The summed E-state index contributed by atoms with van der Waals surface area (Å²) in [5.41, 5.74) is -3.03. The summed E-state index contributed by atoms with van der Waals surface area (Å²) in [5, 5.41) is 0.850. The number of carbonyl (C=O) groups excluding carboxylic acids is 1. The van der Waals surface area contributed by atoms with Gasteiger partial charge >= 0.3 is 0 Å². The molecule has 3 aromatic rings. The zero-order valence-electron chi connectivity index (χ0n) is 13.1. The second-order valence-electron chi connectivity index (χ2n) is 5.38. The summed E-state index contributed by atoms with van der Waals surface area (Å²) in [7, 11) is 0. The Balaban J connectivity index is 2.07. The molecular formula is C17H6F7NOS. The number of aromatic nitrogens is 1. The van der Waals surface area contributed by atoms with Crippen molar-refractivity contribution >= 4 is 17.1 Å². The molecule has 27 heavy (non-hydrogen) atoms. The number of nitrogens with zero attached hydrogens (tertiary/aromatic N) is 1. The van der Waals surface area contributed by atoms with Crippen LogP contribution in [0.4, 0.5) is 30.7 Å². The van der Waals surface area contributed by atoms with Crippen molar-refractivity contribution < 1.29 is 35.5 Å². The van der Waals surface area contributed by atoms with Gasteiger partial charge in [0, 0.05) is 16.5 Å². The van der Waals surface area contributed by atoms with E-state index in [-0.39, 0.29) is 10.6 Å². The van der Waals surface area contributed by atoms with Gasteiger partial charge in [-0.2, -0.15) is 0 Å². The third kappa shape index (κ3) is 3.09. The van der Waals surface area contributed by atoms with E-state index in [1.165, 1.54) is 0 Å². The monoisotopic (exact) mass is 405 g/mol. The lowest BCUT2D eigenvalue weighted by Crippen LogP contribution is -2.13. The van der Waals surface area contributed by atoms with Gasteiger partial charge in [0.1, 0.15) is 16.5 Å². The summed E-state index contributed by atoms with van der Waals surface area (Å²) in [6.45, 7) is 0.820. The van der Waals surface area contributed by atoms with Gasteiger partial charge < -0.3 is 0 Å². The third-order valence-corrected chi connectivity index (χ3v) is 4.57. The van der Waals surface area contributed by atoms with Crippen LogP contribution < -0.4 is 0 Å². The Kier molecular flexibility index (Phi) is 4.77. The largest absolute Gasteiger partial charge is 0.287 e. The lowest BCUT2D eigenvalue weighted by molar-refractivity contribution is 0.102. The first kappa shape index (κ1) is 19.0. The topological polar surface area (TPSA) is 30.0 Å². The van der Waals surface area contributed by atoms with E-state index in [0.29, 0.717) is 23.5 Å². The molecule has 0 unspecified atom stereocenters. The molecule has 1 aromatic heterocycles. The fourth-order valence-corrected chi connectivity index (χ4v) is 3.06.